The number of benzene rings is 2. The van der Waals surface area contributed by atoms with E-state index < -0.39 is 0 Å². The molecule has 0 radical (unpaired) electrons. The van der Waals surface area contributed by atoms with Crippen LogP contribution in [-0.4, -0.2) is 46.8 Å². The number of fused-ring (bicyclic) bond motifs is 1. The fourth-order valence-corrected chi connectivity index (χ4v) is 3.88. The van der Waals surface area contributed by atoms with E-state index in [1.807, 2.05) is 19.1 Å². The molecule has 1 N–H and O–H groups in total. The van der Waals surface area contributed by atoms with Crippen molar-refractivity contribution in [2.45, 2.75) is 33.0 Å². The Labute approximate surface area is 197 Å². The predicted molar refractivity (Wildman–Crippen MR) is 123 cm³/mol. The van der Waals surface area contributed by atoms with E-state index >= 15 is 0 Å². The van der Waals surface area contributed by atoms with Gasteiger partial charge in [0.15, 0.2) is 17.2 Å². The lowest BCUT2D eigenvalue weighted by Crippen LogP contribution is -2.30. The summed E-state index contributed by atoms with van der Waals surface area (Å²) in [6, 6.07) is 13.1. The first-order chi connectivity index (χ1) is 16.5. The second kappa shape index (κ2) is 10.4. The summed E-state index contributed by atoms with van der Waals surface area (Å²) in [5, 5.41) is 7.21. The zero-order chi connectivity index (χ0) is 24.1. The van der Waals surface area contributed by atoms with Gasteiger partial charge in [0.05, 0.1) is 13.7 Å². The van der Waals surface area contributed by atoms with E-state index in [0.29, 0.717) is 49.9 Å². The van der Waals surface area contributed by atoms with Gasteiger partial charge in [-0.2, -0.15) is 5.10 Å². The average Bonchev–Trinajstić information content (AvgIpc) is 3.21. The maximum atomic E-state index is 13.2. The molecule has 2 heterocycles. The summed E-state index contributed by atoms with van der Waals surface area (Å²) in [6.07, 6.45) is 0.703. The average molecular weight is 467 g/mol. The summed E-state index contributed by atoms with van der Waals surface area (Å²) in [4.78, 5) is 27.6. The summed E-state index contributed by atoms with van der Waals surface area (Å²) >= 11 is 0. The van der Waals surface area contributed by atoms with Crippen molar-refractivity contribution in [1.29, 1.82) is 0 Å². The van der Waals surface area contributed by atoms with Crippen LogP contribution in [0.2, 0.25) is 0 Å². The second-order valence-corrected chi connectivity index (χ2v) is 7.95. The summed E-state index contributed by atoms with van der Waals surface area (Å²) in [6.45, 7) is 4.11. The SMILES string of the molecule is CCOc1cc(CNC(=O)c2cc3n(n2)CCCN(Cc2ccc(F)cc2)C3=O)ccc1OC. The van der Waals surface area contributed by atoms with Crippen LogP contribution in [0.25, 0.3) is 0 Å². The van der Waals surface area contributed by atoms with Crippen LogP contribution >= 0.6 is 0 Å². The number of aromatic nitrogens is 2. The van der Waals surface area contributed by atoms with E-state index in [0.717, 1.165) is 11.1 Å². The lowest BCUT2D eigenvalue weighted by molar-refractivity contribution is 0.0745. The first kappa shape index (κ1) is 23.3. The fraction of sp³-hybridized carbons (Fsp3) is 0.320. The highest BCUT2D eigenvalue weighted by Crippen LogP contribution is 2.28. The van der Waals surface area contributed by atoms with Gasteiger partial charge in [-0.3, -0.25) is 14.3 Å². The molecular formula is C25H27FN4O4. The Balaban J connectivity index is 1.44. The van der Waals surface area contributed by atoms with Gasteiger partial charge in [0.2, 0.25) is 0 Å². The van der Waals surface area contributed by atoms with Crippen LogP contribution in [0.15, 0.2) is 48.5 Å². The Morgan fingerprint density at radius 3 is 2.59 bits per heavy atom. The highest BCUT2D eigenvalue weighted by molar-refractivity contribution is 5.98. The van der Waals surface area contributed by atoms with Crippen LogP contribution in [0, 0.1) is 5.82 Å². The van der Waals surface area contributed by atoms with Crippen LogP contribution in [0.5, 0.6) is 11.5 Å². The molecule has 0 spiro atoms. The molecule has 0 fully saturated rings. The van der Waals surface area contributed by atoms with Gasteiger partial charge in [0.1, 0.15) is 11.5 Å². The van der Waals surface area contributed by atoms with Crippen LogP contribution < -0.4 is 14.8 Å². The lowest BCUT2D eigenvalue weighted by Gasteiger charge is -2.20. The van der Waals surface area contributed by atoms with Crippen LogP contribution in [0.1, 0.15) is 45.4 Å². The van der Waals surface area contributed by atoms with E-state index in [1.54, 1.807) is 34.9 Å². The summed E-state index contributed by atoms with van der Waals surface area (Å²) < 4.78 is 25.7. The minimum absolute atomic E-state index is 0.186. The number of halogens is 1. The Hall–Kier alpha value is -3.88. The molecule has 0 unspecified atom stereocenters. The van der Waals surface area contributed by atoms with Gasteiger partial charge in [-0.25, -0.2) is 4.39 Å². The third-order valence-corrected chi connectivity index (χ3v) is 5.58. The normalized spacial score (nSPS) is 13.3. The molecule has 1 aliphatic heterocycles. The lowest BCUT2D eigenvalue weighted by atomic mass is 10.2. The van der Waals surface area contributed by atoms with Crippen molar-refractivity contribution >= 4 is 11.8 Å². The zero-order valence-electron chi connectivity index (χ0n) is 19.2. The van der Waals surface area contributed by atoms with Crippen molar-refractivity contribution in [2.24, 2.45) is 0 Å². The second-order valence-electron chi connectivity index (χ2n) is 7.95. The third kappa shape index (κ3) is 5.19. The number of amides is 2. The Morgan fingerprint density at radius 2 is 1.85 bits per heavy atom. The minimum atomic E-state index is -0.368. The van der Waals surface area contributed by atoms with Crippen molar-refractivity contribution in [3.8, 4) is 11.5 Å². The molecule has 9 heteroatoms. The maximum absolute atomic E-state index is 13.2. The molecule has 0 bridgehead atoms. The van der Waals surface area contributed by atoms with Gasteiger partial charge >= 0.3 is 0 Å². The molecule has 178 valence electrons. The monoisotopic (exact) mass is 466 g/mol. The molecule has 3 aromatic rings. The zero-order valence-corrected chi connectivity index (χ0v) is 19.2. The quantitative estimate of drug-likeness (QED) is 0.550. The summed E-state index contributed by atoms with van der Waals surface area (Å²) in [7, 11) is 1.57. The van der Waals surface area contributed by atoms with Crippen molar-refractivity contribution < 1.29 is 23.5 Å². The van der Waals surface area contributed by atoms with Gasteiger partial charge in [0.25, 0.3) is 11.8 Å². The van der Waals surface area contributed by atoms with Crippen molar-refractivity contribution in [1.82, 2.24) is 20.0 Å². The number of ether oxygens (including phenoxy) is 2. The molecule has 8 nitrogen and oxygen atoms in total. The number of hydrogen-bond donors (Lipinski definition) is 1. The van der Waals surface area contributed by atoms with Gasteiger partial charge in [0, 0.05) is 32.2 Å². The van der Waals surface area contributed by atoms with E-state index in [1.165, 1.54) is 18.2 Å². The maximum Gasteiger partial charge on any atom is 0.272 e. The largest absolute Gasteiger partial charge is 0.493 e. The minimum Gasteiger partial charge on any atom is -0.493 e. The molecular weight excluding hydrogens is 439 g/mol. The Bertz CT molecular complexity index is 1180. The highest BCUT2D eigenvalue weighted by Gasteiger charge is 2.26. The number of rotatable bonds is 8. The number of hydrogen-bond acceptors (Lipinski definition) is 5. The molecule has 0 saturated heterocycles. The van der Waals surface area contributed by atoms with E-state index in [9.17, 15) is 14.0 Å². The number of aryl methyl sites for hydroxylation is 1. The van der Waals surface area contributed by atoms with Gasteiger partial charge in [-0.05, 0) is 48.7 Å². The van der Waals surface area contributed by atoms with Crippen molar-refractivity contribution in [3.63, 3.8) is 0 Å². The number of carbonyl (C=O) groups excluding carboxylic acids is 2. The van der Waals surface area contributed by atoms with Crippen LogP contribution in [-0.2, 0) is 19.6 Å². The van der Waals surface area contributed by atoms with Gasteiger partial charge < -0.3 is 19.7 Å². The first-order valence-corrected chi connectivity index (χ1v) is 11.2. The molecule has 2 aromatic carbocycles. The number of nitrogens with one attached hydrogen (secondary N) is 1. The Kier molecular flexibility index (Phi) is 7.10. The number of carbonyl (C=O) groups is 2. The fourth-order valence-electron chi connectivity index (χ4n) is 3.88. The van der Waals surface area contributed by atoms with Crippen molar-refractivity contribution in [3.05, 3.63) is 76.9 Å². The topological polar surface area (TPSA) is 85.7 Å². The molecule has 0 aliphatic carbocycles. The first-order valence-electron chi connectivity index (χ1n) is 11.2. The number of nitrogens with zero attached hydrogens (tertiary/aromatic N) is 3. The molecule has 0 saturated carbocycles. The molecule has 1 aromatic heterocycles. The molecule has 1 aliphatic rings. The van der Waals surface area contributed by atoms with Crippen LogP contribution in [0.3, 0.4) is 0 Å². The highest BCUT2D eigenvalue weighted by atomic mass is 19.1. The summed E-state index contributed by atoms with van der Waals surface area (Å²) in [5.74, 6) is 0.344. The van der Waals surface area contributed by atoms with E-state index in [2.05, 4.69) is 10.4 Å². The molecule has 34 heavy (non-hydrogen) atoms. The van der Waals surface area contributed by atoms with Crippen LogP contribution in [0.4, 0.5) is 4.39 Å². The smallest absolute Gasteiger partial charge is 0.272 e. The molecule has 0 atom stereocenters. The predicted octanol–water partition coefficient (Wildman–Crippen LogP) is 3.41. The van der Waals surface area contributed by atoms with E-state index in [-0.39, 0.29) is 29.9 Å². The van der Waals surface area contributed by atoms with E-state index in [4.69, 9.17) is 9.47 Å². The van der Waals surface area contributed by atoms with Gasteiger partial charge in [-0.15, -0.1) is 0 Å². The van der Waals surface area contributed by atoms with Gasteiger partial charge in [-0.1, -0.05) is 18.2 Å². The van der Waals surface area contributed by atoms with Crippen molar-refractivity contribution in [2.75, 3.05) is 20.3 Å². The number of methoxy groups -OCH3 is 1. The molecule has 4 rings (SSSR count). The molecule has 2 amide bonds. The standard InChI is InChI=1S/C25H27FN4O4/c1-3-34-23-13-18(7-10-22(23)33-2)15-27-24(31)20-14-21-25(32)29(11-4-12-30(21)28-20)16-17-5-8-19(26)9-6-17/h5-10,13-14H,3-4,11-12,15-16H2,1-2H3,(H,27,31). The third-order valence-electron chi connectivity index (χ3n) is 5.58. The Morgan fingerprint density at radius 1 is 1.09 bits per heavy atom. The summed E-state index contributed by atoms with van der Waals surface area (Å²) in [5.41, 5.74) is 2.24.